The number of ketones is 1. The summed E-state index contributed by atoms with van der Waals surface area (Å²) < 4.78 is 11.3. The van der Waals surface area contributed by atoms with Gasteiger partial charge in [0.25, 0.3) is 0 Å². The first-order valence-corrected chi connectivity index (χ1v) is 9.10. The number of ether oxygens (including phenoxy) is 2. The Morgan fingerprint density at radius 2 is 1.62 bits per heavy atom. The van der Waals surface area contributed by atoms with Crippen LogP contribution < -0.4 is 9.47 Å². The van der Waals surface area contributed by atoms with Crippen LogP contribution in [0.3, 0.4) is 0 Å². The Bertz CT molecular complexity index is 638. The number of rotatable bonds is 10. The van der Waals surface area contributed by atoms with Gasteiger partial charge in [-0.3, -0.25) is 4.79 Å². The molecule has 2 aromatic rings. The van der Waals surface area contributed by atoms with Gasteiger partial charge in [-0.2, -0.15) is 0 Å². The van der Waals surface area contributed by atoms with Crippen molar-refractivity contribution in [3.63, 3.8) is 0 Å². The van der Waals surface area contributed by atoms with Crippen LogP contribution in [0.2, 0.25) is 0 Å². The van der Waals surface area contributed by atoms with Crippen molar-refractivity contribution in [1.29, 1.82) is 0 Å². The second-order valence-corrected chi connectivity index (χ2v) is 6.12. The van der Waals surface area contributed by atoms with E-state index in [9.17, 15) is 4.79 Å². The molecule has 3 nitrogen and oxygen atoms in total. The Hall–Kier alpha value is -2.20. The number of carbonyl (C=O) groups is 1. The van der Waals surface area contributed by atoms with Crippen LogP contribution in [0.25, 0.3) is 0 Å². The van der Waals surface area contributed by atoms with Gasteiger partial charge in [0.05, 0.1) is 0 Å². The van der Waals surface area contributed by atoms with E-state index >= 15 is 0 Å². The van der Waals surface area contributed by atoms with Crippen molar-refractivity contribution in [1.82, 2.24) is 0 Å². The van der Waals surface area contributed by atoms with Crippen molar-refractivity contribution in [2.45, 2.75) is 19.8 Å². The summed E-state index contributed by atoms with van der Waals surface area (Å²) in [6.45, 7) is 2.10. The van der Waals surface area contributed by atoms with Crippen molar-refractivity contribution in [2.75, 3.05) is 12.4 Å². The van der Waals surface area contributed by atoms with Crippen molar-refractivity contribution in [3.8, 4) is 11.5 Å². The lowest BCUT2D eigenvalue weighted by Gasteiger charge is -2.10. The number of hydrogen-bond acceptors (Lipinski definition) is 4. The van der Waals surface area contributed by atoms with E-state index in [2.05, 4.69) is 6.92 Å². The standard InChI is InChI=1S/C20H22O3S/c1-2-3-14-24-16-20(23-18-12-8-5-9-13-18)19(21)15-22-17-10-6-4-7-11-17/h4-13,16H,2-3,14-15H2,1H3/b20-16-. The smallest absolute Gasteiger partial charge is 0.235 e. The summed E-state index contributed by atoms with van der Waals surface area (Å²) in [6.07, 6.45) is 2.23. The van der Waals surface area contributed by atoms with Gasteiger partial charge < -0.3 is 9.47 Å². The zero-order chi connectivity index (χ0) is 17.0. The molecule has 0 atom stereocenters. The summed E-state index contributed by atoms with van der Waals surface area (Å²) in [5.41, 5.74) is 0. The summed E-state index contributed by atoms with van der Waals surface area (Å²) in [7, 11) is 0. The zero-order valence-corrected chi connectivity index (χ0v) is 14.6. The molecule has 0 aliphatic carbocycles. The van der Waals surface area contributed by atoms with Crippen molar-refractivity contribution >= 4 is 17.5 Å². The highest BCUT2D eigenvalue weighted by Crippen LogP contribution is 2.18. The van der Waals surface area contributed by atoms with Gasteiger partial charge in [0.15, 0.2) is 12.4 Å². The summed E-state index contributed by atoms with van der Waals surface area (Å²) in [4.78, 5) is 12.5. The number of Topliss-reactive ketones (excluding diaryl/α,β-unsaturated/α-hetero) is 1. The fourth-order valence-corrected chi connectivity index (χ4v) is 2.77. The second kappa shape index (κ2) is 10.6. The fourth-order valence-electron chi connectivity index (χ4n) is 1.86. The van der Waals surface area contributed by atoms with E-state index in [0.29, 0.717) is 17.3 Å². The molecule has 2 rings (SSSR count). The minimum Gasteiger partial charge on any atom is -0.485 e. The summed E-state index contributed by atoms with van der Waals surface area (Å²) in [6, 6.07) is 18.6. The van der Waals surface area contributed by atoms with Gasteiger partial charge in [0.2, 0.25) is 5.78 Å². The number of hydrogen-bond donors (Lipinski definition) is 0. The van der Waals surface area contributed by atoms with Gasteiger partial charge >= 0.3 is 0 Å². The molecule has 0 unspecified atom stereocenters. The van der Waals surface area contributed by atoms with Crippen LogP contribution in [-0.4, -0.2) is 18.1 Å². The topological polar surface area (TPSA) is 35.5 Å². The van der Waals surface area contributed by atoms with Crippen LogP contribution in [0.4, 0.5) is 0 Å². The molecule has 0 bridgehead atoms. The molecule has 0 heterocycles. The summed E-state index contributed by atoms with van der Waals surface area (Å²) in [5, 5.41) is 1.79. The molecular formula is C20H22O3S. The van der Waals surface area contributed by atoms with Gasteiger partial charge in [0, 0.05) is 5.41 Å². The third kappa shape index (κ3) is 6.50. The molecule has 24 heavy (non-hydrogen) atoms. The molecule has 0 amide bonds. The first-order valence-electron chi connectivity index (χ1n) is 8.05. The largest absolute Gasteiger partial charge is 0.485 e. The Labute approximate surface area is 147 Å². The van der Waals surface area contributed by atoms with Gasteiger partial charge in [0.1, 0.15) is 11.5 Å². The Kier molecular flexibility index (Phi) is 7.98. The Balaban J connectivity index is 1.99. The summed E-state index contributed by atoms with van der Waals surface area (Å²) >= 11 is 1.59. The molecule has 126 valence electrons. The maximum atomic E-state index is 12.5. The van der Waals surface area contributed by atoms with E-state index < -0.39 is 0 Å². The van der Waals surface area contributed by atoms with E-state index in [4.69, 9.17) is 9.47 Å². The van der Waals surface area contributed by atoms with E-state index in [1.54, 1.807) is 17.2 Å². The minimum absolute atomic E-state index is 0.0446. The van der Waals surface area contributed by atoms with Gasteiger partial charge in [-0.15, -0.1) is 11.8 Å². The van der Waals surface area contributed by atoms with Crippen LogP contribution in [0.1, 0.15) is 19.8 Å². The number of unbranched alkanes of at least 4 members (excludes halogenated alkanes) is 1. The van der Waals surface area contributed by atoms with Gasteiger partial charge in [-0.1, -0.05) is 49.7 Å². The van der Waals surface area contributed by atoms with Crippen molar-refractivity contribution in [2.24, 2.45) is 0 Å². The molecule has 0 N–H and O–H groups in total. The molecule has 0 saturated heterocycles. The van der Waals surface area contributed by atoms with Crippen molar-refractivity contribution < 1.29 is 14.3 Å². The first-order chi connectivity index (χ1) is 11.8. The van der Waals surface area contributed by atoms with Crippen LogP contribution in [0, 0.1) is 0 Å². The van der Waals surface area contributed by atoms with E-state index in [1.807, 2.05) is 60.7 Å². The molecule has 2 aromatic carbocycles. The molecule has 0 aliphatic rings. The zero-order valence-electron chi connectivity index (χ0n) is 13.8. The predicted octanol–water partition coefficient (Wildman–Crippen LogP) is 5.09. The minimum atomic E-state index is -0.174. The Morgan fingerprint density at radius 3 is 2.25 bits per heavy atom. The van der Waals surface area contributed by atoms with E-state index in [0.717, 1.165) is 18.6 Å². The number of carbonyl (C=O) groups excluding carboxylic acids is 1. The molecule has 0 aromatic heterocycles. The number of thioether (sulfide) groups is 1. The quantitative estimate of drug-likeness (QED) is 0.342. The maximum Gasteiger partial charge on any atom is 0.235 e. The van der Waals surface area contributed by atoms with Gasteiger partial charge in [-0.05, 0) is 36.4 Å². The number of para-hydroxylation sites is 2. The number of benzene rings is 2. The highest BCUT2D eigenvalue weighted by atomic mass is 32.2. The average molecular weight is 342 g/mol. The lowest BCUT2D eigenvalue weighted by molar-refractivity contribution is -0.119. The lowest BCUT2D eigenvalue weighted by atomic mass is 10.3. The molecule has 4 heteroatoms. The van der Waals surface area contributed by atoms with Crippen molar-refractivity contribution in [3.05, 3.63) is 71.8 Å². The normalized spacial score (nSPS) is 11.1. The maximum absolute atomic E-state index is 12.5. The Morgan fingerprint density at radius 1 is 1.00 bits per heavy atom. The molecule has 0 aliphatic heterocycles. The second-order valence-electron chi connectivity index (χ2n) is 5.15. The molecule has 0 fully saturated rings. The third-order valence-electron chi connectivity index (χ3n) is 3.17. The van der Waals surface area contributed by atoms with Crippen LogP contribution in [0.5, 0.6) is 11.5 Å². The molecule has 0 radical (unpaired) electrons. The molecule has 0 spiro atoms. The molecular weight excluding hydrogens is 320 g/mol. The third-order valence-corrected chi connectivity index (χ3v) is 4.07. The predicted molar refractivity (Wildman–Crippen MR) is 99.5 cm³/mol. The summed E-state index contributed by atoms with van der Waals surface area (Å²) in [5.74, 6) is 2.42. The van der Waals surface area contributed by atoms with Crippen LogP contribution in [0.15, 0.2) is 71.8 Å². The first kappa shape index (κ1) is 18.1. The van der Waals surface area contributed by atoms with E-state index in [-0.39, 0.29) is 12.4 Å². The van der Waals surface area contributed by atoms with E-state index in [1.165, 1.54) is 0 Å². The SMILES string of the molecule is CCCCS/C=C(\Oc1ccccc1)C(=O)COc1ccccc1. The highest BCUT2D eigenvalue weighted by molar-refractivity contribution is 8.02. The monoisotopic (exact) mass is 342 g/mol. The average Bonchev–Trinajstić information content (AvgIpc) is 2.64. The molecule has 0 saturated carbocycles. The highest BCUT2D eigenvalue weighted by Gasteiger charge is 2.13. The fraction of sp³-hybridized carbons (Fsp3) is 0.250. The van der Waals surface area contributed by atoms with Gasteiger partial charge in [-0.25, -0.2) is 0 Å². The van der Waals surface area contributed by atoms with Crippen LogP contribution >= 0.6 is 11.8 Å². The lowest BCUT2D eigenvalue weighted by Crippen LogP contribution is -2.17. The van der Waals surface area contributed by atoms with Crippen LogP contribution in [-0.2, 0) is 4.79 Å².